The molecule has 0 aliphatic heterocycles. The molecule has 0 amide bonds. The molecule has 0 N–H and O–H groups in total. The number of aldehydes is 1. The molecule has 2 aromatic rings. The van der Waals surface area contributed by atoms with Gasteiger partial charge in [-0.1, -0.05) is 0 Å². The lowest BCUT2D eigenvalue weighted by Gasteiger charge is -1.90. The molecule has 0 spiro atoms. The molecule has 2 heterocycles. The van der Waals surface area contributed by atoms with E-state index in [-0.39, 0.29) is 0 Å². The van der Waals surface area contributed by atoms with Gasteiger partial charge in [-0.3, -0.25) is 9.20 Å². The Hall–Kier alpha value is -1.71. The number of pyridine rings is 1. The van der Waals surface area contributed by atoms with E-state index in [9.17, 15) is 4.79 Å². The van der Waals surface area contributed by atoms with E-state index in [1.807, 2.05) is 0 Å². The zero-order valence-electron chi connectivity index (χ0n) is 5.64. The Kier molecular flexibility index (Phi) is 1.18. The van der Waals surface area contributed by atoms with Crippen molar-refractivity contribution in [1.82, 2.24) is 14.6 Å². The Morgan fingerprint density at radius 3 is 3.27 bits per heavy atom. The molecule has 0 aromatic carbocycles. The maximum absolute atomic E-state index is 10.3. The maximum atomic E-state index is 10.3. The van der Waals surface area contributed by atoms with Crippen LogP contribution in [-0.4, -0.2) is 20.9 Å². The number of hydrogen-bond acceptors (Lipinski definition) is 3. The van der Waals surface area contributed by atoms with Gasteiger partial charge in [-0.05, 0) is 12.1 Å². The molecular weight excluding hydrogens is 142 g/mol. The zero-order valence-corrected chi connectivity index (χ0v) is 5.64. The van der Waals surface area contributed by atoms with Gasteiger partial charge in [0.1, 0.15) is 12.6 Å². The Balaban J connectivity index is 2.76. The highest BCUT2D eigenvalue weighted by Crippen LogP contribution is 2.00. The number of carbonyl (C=O) groups is 1. The fourth-order valence-corrected chi connectivity index (χ4v) is 0.907. The van der Waals surface area contributed by atoms with Crippen molar-refractivity contribution in [2.75, 3.05) is 0 Å². The standard InChI is InChI=1S/C7H5N3O/c11-4-6-1-2-10-5-8-9-7(10)3-6/h1-5H. The maximum Gasteiger partial charge on any atom is 0.161 e. The third-order valence-electron chi connectivity index (χ3n) is 1.46. The summed E-state index contributed by atoms with van der Waals surface area (Å²) >= 11 is 0. The molecule has 54 valence electrons. The molecule has 0 fully saturated rings. The molecule has 4 heteroatoms. The van der Waals surface area contributed by atoms with Crippen molar-refractivity contribution >= 4 is 11.9 Å². The first kappa shape index (κ1) is 6.03. The largest absolute Gasteiger partial charge is 0.298 e. The highest BCUT2D eigenvalue weighted by atomic mass is 16.1. The average Bonchev–Trinajstić information content (AvgIpc) is 2.50. The van der Waals surface area contributed by atoms with Crippen LogP contribution in [-0.2, 0) is 0 Å². The van der Waals surface area contributed by atoms with Crippen LogP contribution in [0, 0.1) is 0 Å². The fourth-order valence-electron chi connectivity index (χ4n) is 0.907. The van der Waals surface area contributed by atoms with Crippen LogP contribution in [0.5, 0.6) is 0 Å². The van der Waals surface area contributed by atoms with Crippen molar-refractivity contribution in [2.45, 2.75) is 0 Å². The summed E-state index contributed by atoms with van der Waals surface area (Å²) in [6.45, 7) is 0. The van der Waals surface area contributed by atoms with Gasteiger partial charge in [0.25, 0.3) is 0 Å². The minimum absolute atomic E-state index is 0.616. The first-order valence-electron chi connectivity index (χ1n) is 3.15. The first-order valence-corrected chi connectivity index (χ1v) is 3.15. The minimum atomic E-state index is 0.616. The average molecular weight is 147 g/mol. The summed E-state index contributed by atoms with van der Waals surface area (Å²) in [4.78, 5) is 10.3. The van der Waals surface area contributed by atoms with Gasteiger partial charge < -0.3 is 0 Å². The van der Waals surface area contributed by atoms with E-state index in [1.165, 1.54) is 0 Å². The van der Waals surface area contributed by atoms with E-state index < -0.39 is 0 Å². The SMILES string of the molecule is O=Cc1ccn2cnnc2c1. The molecule has 0 aliphatic carbocycles. The Morgan fingerprint density at radius 1 is 1.55 bits per heavy atom. The van der Waals surface area contributed by atoms with E-state index in [2.05, 4.69) is 10.2 Å². The molecule has 4 nitrogen and oxygen atoms in total. The molecule has 11 heavy (non-hydrogen) atoms. The van der Waals surface area contributed by atoms with Gasteiger partial charge in [-0.2, -0.15) is 0 Å². The lowest BCUT2D eigenvalue weighted by molar-refractivity contribution is 0.112. The van der Waals surface area contributed by atoms with Gasteiger partial charge in [-0.15, -0.1) is 10.2 Å². The molecular formula is C7H5N3O. The molecule has 0 saturated carbocycles. The van der Waals surface area contributed by atoms with E-state index in [4.69, 9.17) is 0 Å². The van der Waals surface area contributed by atoms with Crippen LogP contribution in [0.25, 0.3) is 5.65 Å². The normalized spacial score (nSPS) is 10.2. The first-order chi connectivity index (χ1) is 5.40. The number of carbonyl (C=O) groups excluding carboxylic acids is 1. The number of aromatic nitrogens is 3. The molecule has 2 rings (SSSR count). The van der Waals surface area contributed by atoms with Gasteiger partial charge in [0.05, 0.1) is 0 Å². The van der Waals surface area contributed by atoms with Crippen molar-refractivity contribution in [2.24, 2.45) is 0 Å². The van der Waals surface area contributed by atoms with Gasteiger partial charge in [0.15, 0.2) is 5.65 Å². The second-order valence-corrected chi connectivity index (χ2v) is 2.17. The predicted molar refractivity (Wildman–Crippen MR) is 38.4 cm³/mol. The van der Waals surface area contributed by atoms with Crippen LogP contribution in [0.3, 0.4) is 0 Å². The van der Waals surface area contributed by atoms with E-state index >= 15 is 0 Å². The zero-order chi connectivity index (χ0) is 7.68. The van der Waals surface area contributed by atoms with Crippen molar-refractivity contribution in [3.63, 3.8) is 0 Å². The Bertz CT molecular complexity index is 393. The number of hydrogen-bond donors (Lipinski definition) is 0. The summed E-state index contributed by atoms with van der Waals surface area (Å²) in [7, 11) is 0. The number of rotatable bonds is 1. The molecule has 0 aliphatic rings. The van der Waals surface area contributed by atoms with Crippen molar-refractivity contribution in [1.29, 1.82) is 0 Å². The smallest absolute Gasteiger partial charge is 0.161 e. The predicted octanol–water partition coefficient (Wildman–Crippen LogP) is 0.542. The third kappa shape index (κ3) is 0.881. The number of fused-ring (bicyclic) bond motifs is 1. The fraction of sp³-hybridized carbons (Fsp3) is 0. The highest BCUT2D eigenvalue weighted by molar-refractivity contribution is 5.76. The van der Waals surface area contributed by atoms with Gasteiger partial charge in [0, 0.05) is 11.8 Å². The lowest BCUT2D eigenvalue weighted by atomic mass is 10.3. The highest BCUT2D eigenvalue weighted by Gasteiger charge is 1.94. The van der Waals surface area contributed by atoms with Crippen molar-refractivity contribution in [3.05, 3.63) is 30.2 Å². The van der Waals surface area contributed by atoms with E-state index in [0.29, 0.717) is 11.2 Å². The van der Waals surface area contributed by atoms with E-state index in [0.717, 1.165) is 6.29 Å². The summed E-state index contributed by atoms with van der Waals surface area (Å²) in [5.41, 5.74) is 1.31. The lowest BCUT2D eigenvalue weighted by Crippen LogP contribution is -1.85. The summed E-state index contributed by atoms with van der Waals surface area (Å²) < 4.78 is 1.74. The summed E-state index contributed by atoms with van der Waals surface area (Å²) in [5, 5.41) is 7.46. The summed E-state index contributed by atoms with van der Waals surface area (Å²) in [6, 6.07) is 3.39. The van der Waals surface area contributed by atoms with Gasteiger partial charge >= 0.3 is 0 Å². The minimum Gasteiger partial charge on any atom is -0.298 e. The van der Waals surface area contributed by atoms with Crippen molar-refractivity contribution in [3.8, 4) is 0 Å². The van der Waals surface area contributed by atoms with Gasteiger partial charge in [-0.25, -0.2) is 0 Å². The van der Waals surface area contributed by atoms with Crippen LogP contribution in [0.2, 0.25) is 0 Å². The molecule has 0 radical (unpaired) electrons. The molecule has 0 bridgehead atoms. The van der Waals surface area contributed by atoms with Crippen LogP contribution in [0.4, 0.5) is 0 Å². The Labute approximate surface area is 62.5 Å². The molecule has 0 atom stereocenters. The Morgan fingerprint density at radius 2 is 2.45 bits per heavy atom. The quantitative estimate of drug-likeness (QED) is 0.553. The number of nitrogens with zero attached hydrogens (tertiary/aromatic N) is 3. The van der Waals surface area contributed by atoms with Gasteiger partial charge in [0.2, 0.25) is 0 Å². The topological polar surface area (TPSA) is 47.3 Å². The molecule has 0 unspecified atom stereocenters. The molecule has 2 aromatic heterocycles. The monoisotopic (exact) mass is 147 g/mol. The van der Waals surface area contributed by atoms with Crippen LogP contribution in [0.1, 0.15) is 10.4 Å². The third-order valence-corrected chi connectivity index (χ3v) is 1.46. The van der Waals surface area contributed by atoms with Crippen LogP contribution in [0.15, 0.2) is 24.7 Å². The summed E-state index contributed by atoms with van der Waals surface area (Å²) in [6.07, 6.45) is 4.12. The van der Waals surface area contributed by atoms with E-state index in [1.54, 1.807) is 29.1 Å². The second kappa shape index (κ2) is 2.16. The molecule has 0 saturated heterocycles. The van der Waals surface area contributed by atoms with Crippen molar-refractivity contribution < 1.29 is 4.79 Å². The summed E-state index contributed by atoms with van der Waals surface area (Å²) in [5.74, 6) is 0. The van der Waals surface area contributed by atoms with Crippen LogP contribution < -0.4 is 0 Å². The second-order valence-electron chi connectivity index (χ2n) is 2.17. The van der Waals surface area contributed by atoms with Crippen LogP contribution >= 0.6 is 0 Å².